The van der Waals surface area contributed by atoms with Crippen LogP contribution in [-0.4, -0.2) is 65.4 Å². The van der Waals surface area contributed by atoms with Crippen molar-refractivity contribution in [1.82, 2.24) is 10.2 Å². The summed E-state index contributed by atoms with van der Waals surface area (Å²) in [5, 5.41) is 21.1. The minimum Gasteiger partial charge on any atom is -0.480 e. The monoisotopic (exact) mass is 452 g/mol. The molecule has 2 atom stereocenters. The van der Waals surface area contributed by atoms with Crippen molar-refractivity contribution in [2.45, 2.75) is 31.2 Å². The maximum Gasteiger partial charge on any atom is 0.407 e. The molecule has 1 saturated carbocycles. The molecule has 2 aliphatic carbocycles. The smallest absolute Gasteiger partial charge is 0.407 e. The topological polar surface area (TPSA) is 116 Å². The molecule has 1 fully saturated rings. The van der Waals surface area contributed by atoms with Gasteiger partial charge in [0, 0.05) is 18.5 Å². The molecule has 3 N–H and O–H groups in total. The molecule has 4 rings (SSSR count). The van der Waals surface area contributed by atoms with Gasteiger partial charge >= 0.3 is 12.1 Å². The Labute approximate surface area is 192 Å². The summed E-state index contributed by atoms with van der Waals surface area (Å²) in [4.78, 5) is 37.7. The number of amides is 2. The van der Waals surface area contributed by atoms with Crippen molar-refractivity contribution >= 4 is 18.0 Å². The number of rotatable bonds is 8. The quantitative estimate of drug-likeness (QED) is 0.567. The van der Waals surface area contributed by atoms with E-state index in [0.29, 0.717) is 12.8 Å². The minimum absolute atomic E-state index is 0.0558. The molecular weight excluding hydrogens is 424 g/mol. The molecule has 0 spiro atoms. The van der Waals surface area contributed by atoms with Crippen LogP contribution in [-0.2, 0) is 14.3 Å². The van der Waals surface area contributed by atoms with Crippen LogP contribution in [0.3, 0.4) is 0 Å². The zero-order chi connectivity index (χ0) is 23.4. The number of carbonyl (C=O) groups excluding carboxylic acids is 2. The number of carbonyl (C=O) groups is 3. The third-order valence-electron chi connectivity index (χ3n) is 6.49. The molecule has 0 radical (unpaired) electrons. The van der Waals surface area contributed by atoms with E-state index in [0.717, 1.165) is 33.6 Å². The number of aliphatic hydroxyl groups is 1. The normalized spacial score (nSPS) is 18.9. The van der Waals surface area contributed by atoms with Crippen molar-refractivity contribution in [2.75, 3.05) is 26.3 Å². The van der Waals surface area contributed by atoms with Gasteiger partial charge in [0.2, 0.25) is 5.91 Å². The number of benzene rings is 2. The molecule has 174 valence electrons. The van der Waals surface area contributed by atoms with Gasteiger partial charge in [0.1, 0.15) is 13.2 Å². The fourth-order valence-corrected chi connectivity index (χ4v) is 5.01. The number of nitrogens with one attached hydrogen (secondary N) is 1. The summed E-state index contributed by atoms with van der Waals surface area (Å²) in [7, 11) is 0. The van der Waals surface area contributed by atoms with Gasteiger partial charge in [-0.05, 0) is 35.1 Å². The summed E-state index contributed by atoms with van der Waals surface area (Å²) in [6.45, 7) is -0.677. The highest BCUT2D eigenvalue weighted by Crippen LogP contribution is 2.44. The summed E-state index contributed by atoms with van der Waals surface area (Å²) in [6.07, 6.45) is 1.31. The molecule has 2 aromatic rings. The van der Waals surface area contributed by atoms with Crippen LogP contribution < -0.4 is 5.32 Å². The van der Waals surface area contributed by atoms with Crippen LogP contribution >= 0.6 is 0 Å². The lowest BCUT2D eigenvalue weighted by atomic mass is 9.98. The van der Waals surface area contributed by atoms with Crippen LogP contribution in [0.2, 0.25) is 0 Å². The van der Waals surface area contributed by atoms with E-state index in [2.05, 4.69) is 17.4 Å². The number of carboxylic acid groups (broad SMARTS) is 1. The maximum absolute atomic E-state index is 12.9. The van der Waals surface area contributed by atoms with Crippen molar-refractivity contribution in [3.8, 4) is 11.1 Å². The van der Waals surface area contributed by atoms with E-state index in [1.165, 1.54) is 0 Å². The van der Waals surface area contributed by atoms with Gasteiger partial charge in [-0.3, -0.25) is 9.59 Å². The van der Waals surface area contributed by atoms with E-state index in [1.54, 1.807) is 0 Å². The zero-order valence-corrected chi connectivity index (χ0v) is 18.3. The number of ether oxygens (including phenoxy) is 1. The average molecular weight is 453 g/mol. The Hall–Kier alpha value is -3.39. The van der Waals surface area contributed by atoms with Gasteiger partial charge in [-0.25, -0.2) is 4.79 Å². The lowest BCUT2D eigenvalue weighted by Crippen LogP contribution is -2.47. The maximum atomic E-state index is 12.9. The number of alkyl carbamates (subject to hydrolysis) is 1. The van der Waals surface area contributed by atoms with Crippen molar-refractivity contribution in [3.05, 3.63) is 59.7 Å². The highest BCUT2D eigenvalue weighted by atomic mass is 16.5. The van der Waals surface area contributed by atoms with E-state index < -0.39 is 30.6 Å². The molecule has 2 aromatic carbocycles. The molecule has 0 bridgehead atoms. The summed E-state index contributed by atoms with van der Waals surface area (Å²) >= 11 is 0. The molecular formula is C25H28N2O6. The third-order valence-corrected chi connectivity index (χ3v) is 6.49. The predicted molar refractivity (Wildman–Crippen MR) is 121 cm³/mol. The number of carboxylic acids is 1. The number of hydrogen-bond acceptors (Lipinski definition) is 5. The molecule has 0 aliphatic heterocycles. The minimum atomic E-state index is -1.14. The van der Waals surface area contributed by atoms with Gasteiger partial charge in [-0.15, -0.1) is 0 Å². The summed E-state index contributed by atoms with van der Waals surface area (Å²) in [6, 6.07) is 15.7. The molecule has 0 saturated heterocycles. The molecule has 8 nitrogen and oxygen atoms in total. The van der Waals surface area contributed by atoms with Gasteiger partial charge in [0.05, 0.1) is 12.5 Å². The second-order valence-corrected chi connectivity index (χ2v) is 8.49. The first-order valence-electron chi connectivity index (χ1n) is 11.2. The van der Waals surface area contributed by atoms with E-state index >= 15 is 0 Å². The van der Waals surface area contributed by atoms with Crippen LogP contribution in [0.4, 0.5) is 4.79 Å². The summed E-state index contributed by atoms with van der Waals surface area (Å²) < 4.78 is 5.59. The van der Waals surface area contributed by atoms with Gasteiger partial charge < -0.3 is 25.2 Å². The Morgan fingerprint density at radius 1 is 1.00 bits per heavy atom. The lowest BCUT2D eigenvalue weighted by molar-refractivity contribution is -0.146. The number of aliphatic hydroxyl groups excluding tert-OH is 1. The first-order valence-corrected chi connectivity index (χ1v) is 11.2. The van der Waals surface area contributed by atoms with Crippen LogP contribution in [0.5, 0.6) is 0 Å². The molecule has 0 heterocycles. The van der Waals surface area contributed by atoms with E-state index in [4.69, 9.17) is 9.84 Å². The third kappa shape index (κ3) is 4.85. The van der Waals surface area contributed by atoms with Crippen molar-refractivity contribution in [3.63, 3.8) is 0 Å². The van der Waals surface area contributed by atoms with Gasteiger partial charge in [-0.1, -0.05) is 55.0 Å². The number of hydrogen-bond donors (Lipinski definition) is 3. The standard InChI is InChI=1S/C25H28N2O6/c28-13-12-27(14-23(29)30)24(31)20-10-5-11-22(20)26-25(32)33-15-21-18-8-3-1-6-16(18)17-7-2-4-9-19(17)21/h1-4,6-9,20-22,28H,5,10-15H2,(H,26,32)(H,29,30)/t20-,22+/m1/s1. The van der Waals surface area contributed by atoms with E-state index in [1.807, 2.05) is 36.4 Å². The van der Waals surface area contributed by atoms with Gasteiger partial charge in [0.25, 0.3) is 0 Å². The summed E-state index contributed by atoms with van der Waals surface area (Å²) in [5.74, 6) is -2.10. The zero-order valence-electron chi connectivity index (χ0n) is 18.3. The molecule has 2 aliphatic rings. The first kappa shape index (κ1) is 22.8. The highest BCUT2D eigenvalue weighted by molar-refractivity contribution is 5.84. The SMILES string of the molecule is O=C(O)CN(CCO)C(=O)[C@@H]1CCC[C@@H]1NC(=O)OCC1c2ccccc2-c2ccccc21. The Bertz CT molecular complexity index is 994. The number of aliphatic carboxylic acids is 1. The molecule has 2 amide bonds. The van der Waals surface area contributed by atoms with Crippen molar-refractivity contribution in [2.24, 2.45) is 5.92 Å². The van der Waals surface area contributed by atoms with Crippen molar-refractivity contribution < 1.29 is 29.3 Å². The fourth-order valence-electron chi connectivity index (χ4n) is 5.01. The highest BCUT2D eigenvalue weighted by Gasteiger charge is 2.37. The van der Waals surface area contributed by atoms with Gasteiger partial charge in [-0.2, -0.15) is 0 Å². The van der Waals surface area contributed by atoms with Crippen LogP contribution in [0, 0.1) is 5.92 Å². The average Bonchev–Trinajstić information content (AvgIpc) is 3.39. The molecule has 33 heavy (non-hydrogen) atoms. The molecule has 0 unspecified atom stereocenters. The molecule has 0 aromatic heterocycles. The Morgan fingerprint density at radius 3 is 2.24 bits per heavy atom. The Morgan fingerprint density at radius 2 is 1.64 bits per heavy atom. The predicted octanol–water partition coefficient (Wildman–Crippen LogP) is 2.60. The summed E-state index contributed by atoms with van der Waals surface area (Å²) in [5.41, 5.74) is 4.53. The largest absolute Gasteiger partial charge is 0.480 e. The van der Waals surface area contributed by atoms with Crippen molar-refractivity contribution in [1.29, 1.82) is 0 Å². The van der Waals surface area contributed by atoms with Crippen LogP contribution in [0.1, 0.15) is 36.3 Å². The second kappa shape index (κ2) is 10.0. The second-order valence-electron chi connectivity index (χ2n) is 8.49. The Kier molecular flexibility index (Phi) is 6.93. The fraction of sp³-hybridized carbons (Fsp3) is 0.400. The van der Waals surface area contributed by atoms with Crippen LogP contribution in [0.25, 0.3) is 11.1 Å². The number of fused-ring (bicyclic) bond motifs is 3. The van der Waals surface area contributed by atoms with Crippen LogP contribution in [0.15, 0.2) is 48.5 Å². The van der Waals surface area contributed by atoms with Gasteiger partial charge in [0.15, 0.2) is 0 Å². The van der Waals surface area contributed by atoms with E-state index in [9.17, 15) is 19.5 Å². The Balaban J connectivity index is 1.39. The number of nitrogens with zero attached hydrogens (tertiary/aromatic N) is 1. The molecule has 8 heteroatoms. The first-order chi connectivity index (χ1) is 16.0. The van der Waals surface area contributed by atoms with E-state index in [-0.39, 0.29) is 31.6 Å². The lowest BCUT2D eigenvalue weighted by Gasteiger charge is -2.27.